The third kappa shape index (κ3) is 4.61. The van der Waals surface area contributed by atoms with Crippen LogP contribution in [0.3, 0.4) is 0 Å². The van der Waals surface area contributed by atoms with Gasteiger partial charge in [-0.1, -0.05) is 24.3 Å². The number of fused-ring (bicyclic) bond motifs is 1. The third-order valence-corrected chi connectivity index (χ3v) is 8.38. The van der Waals surface area contributed by atoms with Gasteiger partial charge in [0.25, 0.3) is 0 Å². The SMILES string of the molecule is Nc1ncccc1-c1nc2ccc(-c3cccc(N4CCO[C@@H](CO)C4)c3)nc2n1-c1ccc(C2(N)CCC2)cc1. The summed E-state index contributed by atoms with van der Waals surface area (Å²) in [5, 5.41) is 9.59. The molecule has 208 valence electrons. The highest BCUT2D eigenvalue weighted by Crippen LogP contribution is 2.39. The van der Waals surface area contributed by atoms with Crippen molar-refractivity contribution in [1.29, 1.82) is 0 Å². The van der Waals surface area contributed by atoms with E-state index < -0.39 is 0 Å². The summed E-state index contributed by atoms with van der Waals surface area (Å²) in [7, 11) is 0. The molecule has 1 atom stereocenters. The Labute approximate surface area is 238 Å². The van der Waals surface area contributed by atoms with Crippen LogP contribution >= 0.6 is 0 Å². The summed E-state index contributed by atoms with van der Waals surface area (Å²) < 4.78 is 7.70. The van der Waals surface area contributed by atoms with Gasteiger partial charge in [0, 0.05) is 41.8 Å². The van der Waals surface area contributed by atoms with Crippen LogP contribution in [0.2, 0.25) is 0 Å². The molecule has 4 heterocycles. The van der Waals surface area contributed by atoms with E-state index in [0.29, 0.717) is 24.8 Å². The molecule has 1 saturated heterocycles. The third-order valence-electron chi connectivity index (χ3n) is 8.38. The summed E-state index contributed by atoms with van der Waals surface area (Å²) in [5.74, 6) is 1.10. The maximum absolute atomic E-state index is 9.59. The Balaban J connectivity index is 1.33. The van der Waals surface area contributed by atoms with Crippen LogP contribution in [0, 0.1) is 0 Å². The Morgan fingerprint density at radius 1 is 0.976 bits per heavy atom. The maximum atomic E-state index is 9.59. The number of pyridine rings is 2. The second-order valence-corrected chi connectivity index (χ2v) is 11.0. The molecule has 0 spiro atoms. The quantitative estimate of drug-likeness (QED) is 0.288. The Hall–Kier alpha value is -4.31. The molecule has 2 aliphatic rings. The number of nitrogens with zero attached hydrogens (tertiary/aromatic N) is 5. The van der Waals surface area contributed by atoms with Crippen molar-refractivity contribution in [2.45, 2.75) is 30.9 Å². The number of aliphatic hydroxyl groups excluding tert-OH is 1. The van der Waals surface area contributed by atoms with E-state index in [1.807, 2.05) is 30.3 Å². The summed E-state index contributed by atoms with van der Waals surface area (Å²) in [6, 6.07) is 24.6. The molecule has 0 amide bonds. The fourth-order valence-corrected chi connectivity index (χ4v) is 5.86. The van der Waals surface area contributed by atoms with E-state index in [9.17, 15) is 5.11 Å². The molecule has 0 bridgehead atoms. The van der Waals surface area contributed by atoms with Crippen molar-refractivity contribution in [3.05, 3.63) is 84.6 Å². The average molecular weight is 548 g/mol. The molecule has 2 aromatic carbocycles. The van der Waals surface area contributed by atoms with Gasteiger partial charge >= 0.3 is 0 Å². The van der Waals surface area contributed by atoms with Crippen LogP contribution in [-0.2, 0) is 10.3 Å². The van der Waals surface area contributed by atoms with E-state index >= 15 is 0 Å². The van der Waals surface area contributed by atoms with Crippen LogP contribution in [0.25, 0.3) is 39.5 Å². The van der Waals surface area contributed by atoms with Gasteiger partial charge in [-0.05, 0) is 73.4 Å². The van der Waals surface area contributed by atoms with E-state index in [4.69, 9.17) is 26.2 Å². The highest BCUT2D eigenvalue weighted by molar-refractivity contribution is 5.84. The first-order valence-corrected chi connectivity index (χ1v) is 14.1. The number of aromatic nitrogens is 4. The molecular formula is C32H33N7O2. The molecular weight excluding hydrogens is 514 g/mol. The summed E-state index contributed by atoms with van der Waals surface area (Å²) in [6.07, 6.45) is 4.68. The second-order valence-electron chi connectivity index (χ2n) is 11.0. The number of imidazole rings is 1. The lowest BCUT2D eigenvalue weighted by molar-refractivity contribution is 0.00357. The van der Waals surface area contributed by atoms with Crippen molar-refractivity contribution >= 4 is 22.7 Å². The Bertz CT molecular complexity index is 1710. The van der Waals surface area contributed by atoms with Crippen molar-refractivity contribution in [3.8, 4) is 28.3 Å². The number of anilines is 2. The van der Waals surface area contributed by atoms with Gasteiger partial charge in [-0.3, -0.25) is 4.57 Å². The molecule has 0 unspecified atom stereocenters. The standard InChI is InChI=1S/C32H33N7O2/c33-29-26(6-2-15-35-29)30-37-28-12-11-27(21-4-1-5-24(18-21)38-16-17-41-25(19-38)20-40)36-31(28)39(30)23-9-7-22(8-10-23)32(34)13-3-14-32/h1-2,4-12,15,18,25,40H,3,13-14,16-17,19-20,34H2,(H2,33,35)/t25-/m1/s1. The van der Waals surface area contributed by atoms with Gasteiger partial charge in [-0.25, -0.2) is 15.0 Å². The van der Waals surface area contributed by atoms with Crippen LogP contribution in [0.5, 0.6) is 0 Å². The molecule has 5 aromatic rings. The molecule has 2 fully saturated rings. The topological polar surface area (TPSA) is 128 Å². The largest absolute Gasteiger partial charge is 0.394 e. The van der Waals surface area contributed by atoms with Gasteiger partial charge in [0.05, 0.1) is 30.6 Å². The van der Waals surface area contributed by atoms with Crippen molar-refractivity contribution in [2.75, 3.05) is 36.9 Å². The smallest absolute Gasteiger partial charge is 0.165 e. The van der Waals surface area contributed by atoms with Crippen molar-refractivity contribution in [2.24, 2.45) is 5.73 Å². The number of benzene rings is 2. The van der Waals surface area contributed by atoms with Gasteiger partial charge in [-0.2, -0.15) is 0 Å². The zero-order valence-electron chi connectivity index (χ0n) is 22.8. The Kier molecular flexibility index (Phi) is 6.42. The second kappa shape index (κ2) is 10.3. The molecule has 7 rings (SSSR count). The Morgan fingerprint density at radius 3 is 2.59 bits per heavy atom. The fourth-order valence-electron chi connectivity index (χ4n) is 5.86. The van der Waals surface area contributed by atoms with Gasteiger partial charge in [0.15, 0.2) is 11.5 Å². The molecule has 3 aromatic heterocycles. The molecule has 1 aliphatic carbocycles. The van der Waals surface area contributed by atoms with Crippen LogP contribution in [0.4, 0.5) is 11.5 Å². The maximum Gasteiger partial charge on any atom is 0.165 e. The van der Waals surface area contributed by atoms with E-state index in [1.54, 1.807) is 6.20 Å². The highest BCUT2D eigenvalue weighted by atomic mass is 16.5. The summed E-state index contributed by atoms with van der Waals surface area (Å²) in [4.78, 5) is 16.7. The van der Waals surface area contributed by atoms with Crippen molar-refractivity contribution in [3.63, 3.8) is 0 Å². The van der Waals surface area contributed by atoms with Crippen molar-refractivity contribution < 1.29 is 9.84 Å². The zero-order valence-corrected chi connectivity index (χ0v) is 22.8. The van der Waals surface area contributed by atoms with Gasteiger partial charge < -0.3 is 26.2 Å². The van der Waals surface area contributed by atoms with Crippen molar-refractivity contribution in [1.82, 2.24) is 19.5 Å². The molecule has 41 heavy (non-hydrogen) atoms. The average Bonchev–Trinajstić information content (AvgIpc) is 3.39. The molecule has 9 heteroatoms. The monoisotopic (exact) mass is 547 g/mol. The number of ether oxygens (including phenoxy) is 1. The number of rotatable bonds is 6. The van der Waals surface area contributed by atoms with E-state index in [0.717, 1.165) is 70.7 Å². The van der Waals surface area contributed by atoms with E-state index in [1.165, 1.54) is 0 Å². The molecule has 1 saturated carbocycles. The molecule has 0 radical (unpaired) electrons. The number of hydrogen-bond acceptors (Lipinski definition) is 8. The minimum Gasteiger partial charge on any atom is -0.394 e. The van der Waals surface area contributed by atoms with Gasteiger partial charge in [0.2, 0.25) is 0 Å². The van der Waals surface area contributed by atoms with Crippen LogP contribution in [0.1, 0.15) is 24.8 Å². The number of morpholine rings is 1. The first kappa shape index (κ1) is 25.6. The van der Waals surface area contributed by atoms with Crippen LogP contribution in [-0.4, -0.2) is 57.0 Å². The van der Waals surface area contributed by atoms with Crippen LogP contribution < -0.4 is 16.4 Å². The van der Waals surface area contributed by atoms with E-state index in [-0.39, 0.29) is 18.2 Å². The lowest BCUT2D eigenvalue weighted by atomic mass is 9.73. The molecule has 1 aliphatic heterocycles. The number of aliphatic hydroxyl groups is 1. The summed E-state index contributed by atoms with van der Waals surface area (Å²) in [6.45, 7) is 2.02. The van der Waals surface area contributed by atoms with Crippen LogP contribution in [0.15, 0.2) is 79.0 Å². The fraction of sp³-hybridized carbons (Fsp3) is 0.281. The minimum atomic E-state index is -0.236. The predicted octanol–water partition coefficient (Wildman–Crippen LogP) is 4.27. The van der Waals surface area contributed by atoms with Gasteiger partial charge in [-0.15, -0.1) is 0 Å². The Morgan fingerprint density at radius 2 is 1.83 bits per heavy atom. The first-order valence-electron chi connectivity index (χ1n) is 14.1. The lowest BCUT2D eigenvalue weighted by Crippen LogP contribution is -2.44. The molecule has 9 nitrogen and oxygen atoms in total. The molecule has 5 N–H and O–H groups in total. The number of nitrogens with two attached hydrogens (primary N) is 2. The van der Waals surface area contributed by atoms with E-state index in [2.05, 4.69) is 56.9 Å². The highest BCUT2D eigenvalue weighted by Gasteiger charge is 2.34. The van der Waals surface area contributed by atoms with Gasteiger partial charge in [0.1, 0.15) is 11.3 Å². The number of hydrogen-bond donors (Lipinski definition) is 3. The lowest BCUT2D eigenvalue weighted by Gasteiger charge is -2.38. The summed E-state index contributed by atoms with van der Waals surface area (Å²) >= 11 is 0. The number of nitrogen functional groups attached to an aromatic ring is 1. The summed E-state index contributed by atoms with van der Waals surface area (Å²) in [5.41, 5.74) is 19.9. The normalized spacial score (nSPS) is 18.4. The minimum absolute atomic E-state index is 0.00935. The first-order chi connectivity index (χ1) is 20.0. The predicted molar refractivity (Wildman–Crippen MR) is 161 cm³/mol. The zero-order chi connectivity index (χ0) is 28.0.